The van der Waals surface area contributed by atoms with Gasteiger partial charge in [0.25, 0.3) is 5.56 Å². The van der Waals surface area contributed by atoms with Crippen LogP contribution in [0.15, 0.2) is 17.1 Å². The lowest BCUT2D eigenvalue weighted by Gasteiger charge is -2.52. The van der Waals surface area contributed by atoms with Gasteiger partial charge < -0.3 is 20.1 Å². The van der Waals surface area contributed by atoms with Gasteiger partial charge in [0.2, 0.25) is 0 Å². The van der Waals surface area contributed by atoms with Gasteiger partial charge in [0, 0.05) is 18.2 Å². The smallest absolute Gasteiger partial charge is 0.302 e. The molecule has 5 atom stereocenters. The van der Waals surface area contributed by atoms with Crippen molar-refractivity contribution in [2.24, 2.45) is 11.8 Å². The Morgan fingerprint density at radius 1 is 1.47 bits per heavy atom. The van der Waals surface area contributed by atoms with E-state index in [0.29, 0.717) is 0 Å². The molecule has 5 unspecified atom stereocenters. The van der Waals surface area contributed by atoms with Gasteiger partial charge in [-0.05, 0) is 0 Å². The van der Waals surface area contributed by atoms with Gasteiger partial charge >= 0.3 is 6.01 Å². The Morgan fingerprint density at radius 2 is 2.24 bits per heavy atom. The molecule has 1 saturated carbocycles. The van der Waals surface area contributed by atoms with Gasteiger partial charge in [-0.15, -0.1) is 0 Å². The van der Waals surface area contributed by atoms with E-state index in [2.05, 4.69) is 4.98 Å². The first-order valence-electron chi connectivity index (χ1n) is 5.36. The fourth-order valence-corrected chi connectivity index (χ4v) is 2.53. The first-order chi connectivity index (χ1) is 8.13. The van der Waals surface area contributed by atoms with Crippen LogP contribution in [-0.2, 0) is 0 Å². The van der Waals surface area contributed by atoms with Crippen LogP contribution < -0.4 is 10.3 Å². The summed E-state index contributed by atoms with van der Waals surface area (Å²) in [5.41, 5.74) is -0.456. The summed E-state index contributed by atoms with van der Waals surface area (Å²) in [7, 11) is 0. The second-order valence-electron chi connectivity index (χ2n) is 4.37. The summed E-state index contributed by atoms with van der Waals surface area (Å²) in [6, 6.07) is 1.24. The fraction of sp³-hybridized carbons (Fsp3) is 0.600. The summed E-state index contributed by atoms with van der Waals surface area (Å²) >= 11 is 0. The van der Waals surface area contributed by atoms with Gasteiger partial charge in [-0.3, -0.25) is 9.36 Å². The molecule has 3 rings (SSSR count). The molecule has 0 radical (unpaired) electrons. The fourth-order valence-electron chi connectivity index (χ4n) is 2.53. The molecule has 0 aromatic carbocycles. The van der Waals surface area contributed by atoms with Crippen molar-refractivity contribution in [3.8, 4) is 6.01 Å². The number of hydrogen-bond acceptors (Lipinski definition) is 6. The van der Waals surface area contributed by atoms with Gasteiger partial charge in [-0.2, -0.15) is 4.98 Å². The Labute approximate surface area is 95.9 Å². The number of nitrogens with zero attached hydrogens (tertiary/aromatic N) is 2. The van der Waals surface area contributed by atoms with Gasteiger partial charge in [0.15, 0.2) is 0 Å². The van der Waals surface area contributed by atoms with E-state index in [4.69, 9.17) is 9.84 Å². The molecule has 7 heteroatoms. The molecule has 1 aliphatic heterocycles. The molecule has 92 valence electrons. The minimum Gasteiger partial charge on any atom is -0.460 e. The van der Waals surface area contributed by atoms with Crippen molar-refractivity contribution in [3.05, 3.63) is 22.6 Å². The van der Waals surface area contributed by atoms with Crippen LogP contribution in [-0.4, -0.2) is 43.7 Å². The predicted molar refractivity (Wildman–Crippen MR) is 54.2 cm³/mol. The van der Waals surface area contributed by atoms with Crippen LogP contribution in [0.5, 0.6) is 6.01 Å². The molecule has 7 nitrogen and oxygen atoms in total. The summed E-state index contributed by atoms with van der Waals surface area (Å²) in [6.45, 7) is -0.230. The van der Waals surface area contributed by atoms with Gasteiger partial charge in [-0.1, -0.05) is 0 Å². The summed E-state index contributed by atoms with van der Waals surface area (Å²) in [5.74, 6) is -0.940. The van der Waals surface area contributed by atoms with Crippen LogP contribution in [0.4, 0.5) is 0 Å². The maximum atomic E-state index is 11.1. The van der Waals surface area contributed by atoms with Crippen molar-refractivity contribution < 1.29 is 20.1 Å². The van der Waals surface area contributed by atoms with Crippen molar-refractivity contribution in [2.75, 3.05) is 6.61 Å². The average molecular weight is 240 g/mol. The number of aliphatic hydroxyl groups is 3. The van der Waals surface area contributed by atoms with E-state index < -0.39 is 35.8 Å². The maximum absolute atomic E-state index is 11.1. The summed E-state index contributed by atoms with van der Waals surface area (Å²) in [5, 5.41) is 28.9. The molecular weight excluding hydrogens is 228 g/mol. The highest BCUT2D eigenvalue weighted by atomic mass is 16.5. The topological polar surface area (TPSA) is 105 Å². The van der Waals surface area contributed by atoms with E-state index in [1.807, 2.05) is 0 Å². The molecule has 1 fully saturated rings. The molecule has 0 amide bonds. The molecule has 1 aromatic heterocycles. The Kier molecular flexibility index (Phi) is 2.22. The quantitative estimate of drug-likeness (QED) is 0.529. The summed E-state index contributed by atoms with van der Waals surface area (Å²) in [4.78, 5) is 14.7. The number of hydrogen-bond donors (Lipinski definition) is 3. The number of rotatable bonds is 1. The number of aliphatic hydroxyl groups excluding tert-OH is 3. The maximum Gasteiger partial charge on any atom is 0.302 e. The van der Waals surface area contributed by atoms with Gasteiger partial charge in [0.1, 0.15) is 12.3 Å². The van der Waals surface area contributed by atoms with Crippen LogP contribution in [0.3, 0.4) is 0 Å². The van der Waals surface area contributed by atoms with E-state index in [-0.39, 0.29) is 12.6 Å². The van der Waals surface area contributed by atoms with Crippen molar-refractivity contribution >= 4 is 0 Å². The lowest BCUT2D eigenvalue weighted by molar-refractivity contribution is -0.226. The van der Waals surface area contributed by atoms with Crippen LogP contribution in [0.25, 0.3) is 0 Å². The van der Waals surface area contributed by atoms with Crippen molar-refractivity contribution in [1.82, 2.24) is 9.55 Å². The number of fused-ring (bicyclic) bond motifs is 2. The minimum absolute atomic E-state index is 0.0246. The predicted octanol–water partition coefficient (Wildman–Crippen LogP) is -1.91. The van der Waals surface area contributed by atoms with Crippen LogP contribution >= 0.6 is 0 Å². The van der Waals surface area contributed by atoms with E-state index in [1.165, 1.54) is 16.8 Å². The second-order valence-corrected chi connectivity index (χ2v) is 4.37. The zero-order valence-electron chi connectivity index (χ0n) is 8.80. The monoisotopic (exact) mass is 240 g/mol. The Balaban J connectivity index is 2.01. The van der Waals surface area contributed by atoms with Crippen molar-refractivity contribution in [3.63, 3.8) is 0 Å². The van der Waals surface area contributed by atoms with Crippen LogP contribution in [0.1, 0.15) is 6.23 Å². The SMILES string of the molecule is O=c1ccn2c(n1)OC1C(CO)C(O)C1C2O. The molecule has 2 heterocycles. The van der Waals surface area contributed by atoms with E-state index in [1.54, 1.807) is 0 Å². The Bertz CT molecular complexity index is 502. The molecule has 17 heavy (non-hydrogen) atoms. The molecule has 0 spiro atoms. The molecular formula is C10H12N2O5. The third kappa shape index (κ3) is 1.33. The zero-order chi connectivity index (χ0) is 12.2. The lowest BCUT2D eigenvalue weighted by atomic mass is 9.67. The molecule has 2 aliphatic rings. The normalized spacial score (nSPS) is 38.6. The second kappa shape index (κ2) is 3.52. The summed E-state index contributed by atoms with van der Waals surface area (Å²) in [6.07, 6.45) is -0.925. The Morgan fingerprint density at radius 3 is 2.94 bits per heavy atom. The number of ether oxygens (including phenoxy) is 1. The average Bonchev–Trinajstić information content (AvgIpc) is 2.28. The van der Waals surface area contributed by atoms with Crippen LogP contribution in [0.2, 0.25) is 0 Å². The van der Waals surface area contributed by atoms with E-state index >= 15 is 0 Å². The molecule has 0 saturated heterocycles. The molecule has 3 N–H and O–H groups in total. The summed E-state index contributed by atoms with van der Waals surface area (Å²) < 4.78 is 6.73. The molecule has 0 bridgehead atoms. The first-order valence-corrected chi connectivity index (χ1v) is 5.36. The van der Waals surface area contributed by atoms with Gasteiger partial charge in [-0.25, -0.2) is 0 Å². The molecule has 1 aromatic rings. The van der Waals surface area contributed by atoms with E-state index in [9.17, 15) is 15.0 Å². The third-order valence-electron chi connectivity index (χ3n) is 3.52. The molecule has 1 aliphatic carbocycles. The lowest BCUT2D eigenvalue weighted by Crippen LogP contribution is -2.64. The third-order valence-corrected chi connectivity index (χ3v) is 3.52. The Hall–Kier alpha value is -1.44. The number of aromatic nitrogens is 2. The van der Waals surface area contributed by atoms with E-state index in [0.717, 1.165) is 0 Å². The van der Waals surface area contributed by atoms with Crippen molar-refractivity contribution in [2.45, 2.75) is 18.4 Å². The van der Waals surface area contributed by atoms with Gasteiger partial charge in [0.05, 0.1) is 18.6 Å². The minimum atomic E-state index is -0.991. The highest BCUT2D eigenvalue weighted by molar-refractivity contribution is 5.12. The zero-order valence-corrected chi connectivity index (χ0v) is 8.80. The largest absolute Gasteiger partial charge is 0.460 e. The van der Waals surface area contributed by atoms with Crippen molar-refractivity contribution in [1.29, 1.82) is 0 Å². The standard InChI is InChI=1S/C10H12N2O5/c13-3-4-7(15)6-8(4)17-10-11-5(14)1-2-12(10)9(6)16/h1-2,4,6-9,13,15-16H,3H2. The van der Waals surface area contributed by atoms with Crippen LogP contribution in [0, 0.1) is 11.8 Å². The highest BCUT2D eigenvalue weighted by Gasteiger charge is 2.57. The highest BCUT2D eigenvalue weighted by Crippen LogP contribution is 2.46. The first kappa shape index (κ1) is 10.7.